The van der Waals surface area contributed by atoms with Gasteiger partial charge in [-0.15, -0.1) is 0 Å². The second-order valence-corrected chi connectivity index (χ2v) is 5.24. The minimum absolute atomic E-state index is 0.0704. The monoisotopic (exact) mass is 253 g/mol. The van der Waals surface area contributed by atoms with Crippen molar-refractivity contribution in [3.8, 4) is 0 Å². The van der Waals surface area contributed by atoms with Crippen LogP contribution in [0.1, 0.15) is 44.9 Å². The van der Waals surface area contributed by atoms with E-state index in [2.05, 4.69) is 16.0 Å². The molecule has 1 aliphatic heterocycles. The van der Waals surface area contributed by atoms with Gasteiger partial charge in [-0.25, -0.2) is 0 Å². The molecular weight excluding hydrogens is 230 g/mol. The topological polar surface area (TPSA) is 70.2 Å². The maximum absolute atomic E-state index is 11.6. The van der Waals surface area contributed by atoms with E-state index in [-0.39, 0.29) is 17.9 Å². The summed E-state index contributed by atoms with van der Waals surface area (Å²) in [6.45, 7) is 1.52. The van der Waals surface area contributed by atoms with Crippen molar-refractivity contribution in [3.63, 3.8) is 0 Å². The SMILES string of the molecule is O=C(CCCNC1CCCCNC1=O)NC1CC1. The maximum atomic E-state index is 11.6. The summed E-state index contributed by atoms with van der Waals surface area (Å²) in [5.41, 5.74) is 0. The fourth-order valence-electron chi connectivity index (χ4n) is 2.19. The lowest BCUT2D eigenvalue weighted by molar-refractivity contribution is -0.122. The number of hydrogen-bond acceptors (Lipinski definition) is 3. The van der Waals surface area contributed by atoms with E-state index in [1.54, 1.807) is 0 Å². The van der Waals surface area contributed by atoms with Crippen LogP contribution in [0.5, 0.6) is 0 Å². The van der Waals surface area contributed by atoms with E-state index in [1.807, 2.05) is 0 Å². The molecule has 2 fully saturated rings. The quantitative estimate of drug-likeness (QED) is 0.596. The summed E-state index contributed by atoms with van der Waals surface area (Å²) < 4.78 is 0. The van der Waals surface area contributed by atoms with Crippen molar-refractivity contribution in [2.45, 2.75) is 57.0 Å². The molecule has 1 unspecified atom stereocenters. The highest BCUT2D eigenvalue weighted by Gasteiger charge is 2.23. The van der Waals surface area contributed by atoms with E-state index in [0.29, 0.717) is 12.5 Å². The minimum Gasteiger partial charge on any atom is -0.355 e. The van der Waals surface area contributed by atoms with Crippen LogP contribution in [0.4, 0.5) is 0 Å². The van der Waals surface area contributed by atoms with Gasteiger partial charge in [0.2, 0.25) is 11.8 Å². The van der Waals surface area contributed by atoms with Gasteiger partial charge in [-0.1, -0.05) is 0 Å². The number of carbonyl (C=O) groups is 2. The number of nitrogens with one attached hydrogen (secondary N) is 3. The lowest BCUT2D eigenvalue weighted by Crippen LogP contribution is -2.43. The molecule has 0 aromatic heterocycles. The predicted octanol–water partition coefficient (Wildman–Crippen LogP) is 0.304. The first-order chi connectivity index (χ1) is 8.75. The van der Waals surface area contributed by atoms with E-state index in [4.69, 9.17) is 0 Å². The largest absolute Gasteiger partial charge is 0.355 e. The number of carbonyl (C=O) groups excluding carboxylic acids is 2. The number of hydrogen-bond donors (Lipinski definition) is 3. The van der Waals surface area contributed by atoms with Crippen LogP contribution < -0.4 is 16.0 Å². The average Bonchev–Trinajstić information content (AvgIpc) is 3.15. The van der Waals surface area contributed by atoms with Crippen molar-refractivity contribution in [2.24, 2.45) is 0 Å². The Labute approximate surface area is 108 Å². The van der Waals surface area contributed by atoms with Crippen LogP contribution in [0.15, 0.2) is 0 Å². The lowest BCUT2D eigenvalue weighted by Gasteiger charge is -2.14. The number of amides is 2. The molecule has 1 saturated carbocycles. The third-order valence-electron chi connectivity index (χ3n) is 3.45. The molecule has 5 heteroatoms. The fourth-order valence-corrected chi connectivity index (χ4v) is 2.19. The van der Waals surface area contributed by atoms with E-state index in [0.717, 1.165) is 51.6 Å². The summed E-state index contributed by atoms with van der Waals surface area (Å²) in [5, 5.41) is 9.11. The van der Waals surface area contributed by atoms with Crippen LogP contribution in [-0.2, 0) is 9.59 Å². The van der Waals surface area contributed by atoms with Crippen molar-refractivity contribution in [2.75, 3.05) is 13.1 Å². The molecule has 1 atom stereocenters. The molecule has 5 nitrogen and oxygen atoms in total. The van der Waals surface area contributed by atoms with Crippen molar-refractivity contribution in [3.05, 3.63) is 0 Å². The van der Waals surface area contributed by atoms with E-state index in [1.165, 1.54) is 0 Å². The highest BCUT2D eigenvalue weighted by Crippen LogP contribution is 2.18. The normalized spacial score (nSPS) is 24.2. The molecule has 2 amide bonds. The molecule has 1 aliphatic carbocycles. The summed E-state index contributed by atoms with van der Waals surface area (Å²) >= 11 is 0. The maximum Gasteiger partial charge on any atom is 0.237 e. The Hall–Kier alpha value is -1.10. The van der Waals surface area contributed by atoms with Crippen molar-refractivity contribution in [1.82, 2.24) is 16.0 Å². The van der Waals surface area contributed by atoms with Crippen molar-refractivity contribution >= 4 is 11.8 Å². The molecule has 18 heavy (non-hydrogen) atoms. The van der Waals surface area contributed by atoms with E-state index >= 15 is 0 Å². The Balaban J connectivity index is 1.55. The smallest absolute Gasteiger partial charge is 0.237 e. The van der Waals surface area contributed by atoms with Gasteiger partial charge in [0, 0.05) is 19.0 Å². The lowest BCUT2D eigenvalue weighted by atomic mass is 10.1. The molecule has 3 N–H and O–H groups in total. The summed E-state index contributed by atoms with van der Waals surface area (Å²) in [6.07, 6.45) is 6.66. The number of rotatable bonds is 6. The summed E-state index contributed by atoms with van der Waals surface area (Å²) in [6, 6.07) is 0.372. The zero-order valence-corrected chi connectivity index (χ0v) is 10.8. The molecule has 0 radical (unpaired) electrons. The van der Waals surface area contributed by atoms with Gasteiger partial charge < -0.3 is 16.0 Å². The highest BCUT2D eigenvalue weighted by molar-refractivity contribution is 5.81. The van der Waals surface area contributed by atoms with Gasteiger partial charge in [-0.3, -0.25) is 9.59 Å². The van der Waals surface area contributed by atoms with Gasteiger partial charge >= 0.3 is 0 Å². The molecule has 102 valence electrons. The Morgan fingerprint density at radius 3 is 2.89 bits per heavy atom. The molecule has 0 bridgehead atoms. The second-order valence-electron chi connectivity index (χ2n) is 5.24. The van der Waals surface area contributed by atoms with Crippen LogP contribution >= 0.6 is 0 Å². The average molecular weight is 253 g/mol. The molecular formula is C13H23N3O2. The van der Waals surface area contributed by atoms with Crippen molar-refractivity contribution < 1.29 is 9.59 Å². The first-order valence-electron chi connectivity index (χ1n) is 7.06. The third-order valence-corrected chi connectivity index (χ3v) is 3.45. The molecule has 1 heterocycles. The Bertz CT molecular complexity index is 303. The van der Waals surface area contributed by atoms with Gasteiger partial charge in [-0.05, 0) is 45.1 Å². The molecule has 0 spiro atoms. The summed E-state index contributed by atoms with van der Waals surface area (Å²) in [5.74, 6) is 0.250. The molecule has 2 aliphatic rings. The van der Waals surface area contributed by atoms with Gasteiger partial charge in [0.05, 0.1) is 6.04 Å². The Morgan fingerprint density at radius 2 is 2.11 bits per heavy atom. The van der Waals surface area contributed by atoms with Crippen LogP contribution in [0, 0.1) is 0 Å². The van der Waals surface area contributed by atoms with Crippen molar-refractivity contribution in [1.29, 1.82) is 0 Å². The van der Waals surface area contributed by atoms with E-state index in [9.17, 15) is 9.59 Å². The van der Waals surface area contributed by atoms with Crippen LogP contribution in [0.25, 0.3) is 0 Å². The fraction of sp³-hybridized carbons (Fsp3) is 0.846. The Kier molecular flexibility index (Phi) is 4.99. The molecule has 0 aromatic carbocycles. The third kappa shape index (κ3) is 4.64. The van der Waals surface area contributed by atoms with Gasteiger partial charge in [0.25, 0.3) is 0 Å². The van der Waals surface area contributed by atoms with Gasteiger partial charge in [-0.2, -0.15) is 0 Å². The summed E-state index contributed by atoms with van der Waals surface area (Å²) in [7, 11) is 0. The van der Waals surface area contributed by atoms with Crippen LogP contribution in [-0.4, -0.2) is 37.0 Å². The summed E-state index contributed by atoms with van der Waals surface area (Å²) in [4.78, 5) is 23.1. The second kappa shape index (κ2) is 6.73. The predicted molar refractivity (Wildman–Crippen MR) is 69.1 cm³/mol. The minimum atomic E-state index is -0.0704. The van der Waals surface area contributed by atoms with E-state index < -0.39 is 0 Å². The zero-order valence-electron chi connectivity index (χ0n) is 10.8. The van der Waals surface area contributed by atoms with Gasteiger partial charge in [0.1, 0.15) is 0 Å². The van der Waals surface area contributed by atoms with Crippen LogP contribution in [0.3, 0.4) is 0 Å². The van der Waals surface area contributed by atoms with Crippen LogP contribution in [0.2, 0.25) is 0 Å². The standard InChI is InChI=1S/C13H23N3O2/c17-12(16-10-6-7-10)5-3-9-14-11-4-1-2-8-15-13(11)18/h10-11,14H,1-9H2,(H,15,18)(H,16,17). The Morgan fingerprint density at radius 1 is 1.28 bits per heavy atom. The zero-order chi connectivity index (χ0) is 12.8. The highest BCUT2D eigenvalue weighted by atomic mass is 16.2. The molecule has 1 saturated heterocycles. The van der Waals surface area contributed by atoms with Gasteiger partial charge in [0.15, 0.2) is 0 Å². The molecule has 0 aromatic rings. The first-order valence-corrected chi connectivity index (χ1v) is 7.06. The first kappa shape index (κ1) is 13.3. The molecule has 2 rings (SSSR count).